The molecule has 78 valence electrons. The van der Waals surface area contributed by atoms with Crippen molar-refractivity contribution in [2.45, 2.75) is 38.8 Å². The fourth-order valence-corrected chi connectivity index (χ4v) is 2.49. The Bertz CT molecular complexity index is 362. The zero-order valence-corrected chi connectivity index (χ0v) is 9.43. The number of nitrogens with zero attached hydrogens (tertiary/aromatic N) is 1. The third-order valence-electron chi connectivity index (χ3n) is 2.91. The summed E-state index contributed by atoms with van der Waals surface area (Å²) >= 11 is 5.24. The third-order valence-corrected chi connectivity index (χ3v) is 3.23. The molecule has 1 saturated heterocycles. The molecule has 0 bridgehead atoms. The number of H-pyrrole nitrogens is 1. The first-order chi connectivity index (χ1) is 6.70. The molecule has 4 heteroatoms. The summed E-state index contributed by atoms with van der Waals surface area (Å²) in [4.78, 5) is 3.06. The summed E-state index contributed by atoms with van der Waals surface area (Å²) in [5.41, 5.74) is 1.18. The molecule has 0 amide bonds. The molecule has 1 fully saturated rings. The lowest BCUT2D eigenvalue weighted by molar-refractivity contribution is 0.0722. The summed E-state index contributed by atoms with van der Waals surface area (Å²) in [6.07, 6.45) is 4.60. The van der Waals surface area contributed by atoms with Gasteiger partial charge in [-0.2, -0.15) is 0 Å². The van der Waals surface area contributed by atoms with E-state index in [1.165, 1.54) is 12.1 Å². The first kappa shape index (κ1) is 9.93. The SMILES string of the molecule is Cc1c[nH]c(=S)n1C(C)C1CCCO1. The maximum atomic E-state index is 5.67. The molecule has 1 aliphatic rings. The zero-order valence-electron chi connectivity index (χ0n) is 8.62. The van der Waals surface area contributed by atoms with Gasteiger partial charge < -0.3 is 14.3 Å². The normalized spacial score (nSPS) is 24.0. The third kappa shape index (κ3) is 1.64. The molecule has 14 heavy (non-hydrogen) atoms. The van der Waals surface area contributed by atoms with E-state index in [9.17, 15) is 0 Å². The predicted molar refractivity (Wildman–Crippen MR) is 58.0 cm³/mol. The van der Waals surface area contributed by atoms with Gasteiger partial charge in [-0.3, -0.25) is 0 Å². The van der Waals surface area contributed by atoms with Crippen LogP contribution in [0.5, 0.6) is 0 Å². The van der Waals surface area contributed by atoms with E-state index in [-0.39, 0.29) is 0 Å². The standard InChI is InChI=1S/C10H16N2OS/c1-7-6-11-10(14)12(7)8(2)9-4-3-5-13-9/h6,8-9H,3-5H2,1-2H3,(H,11,14). The van der Waals surface area contributed by atoms with Gasteiger partial charge in [0.2, 0.25) is 0 Å². The fraction of sp³-hybridized carbons (Fsp3) is 0.700. The Balaban J connectivity index is 2.25. The Hall–Kier alpha value is -0.610. The highest BCUT2D eigenvalue weighted by Crippen LogP contribution is 2.25. The number of hydrogen-bond acceptors (Lipinski definition) is 2. The number of aromatic amines is 1. The summed E-state index contributed by atoms with van der Waals surface area (Å²) in [6.45, 7) is 5.14. The minimum Gasteiger partial charge on any atom is -0.376 e. The molecule has 2 unspecified atom stereocenters. The predicted octanol–water partition coefficient (Wildman–Crippen LogP) is 2.59. The monoisotopic (exact) mass is 212 g/mol. The summed E-state index contributed by atoms with van der Waals surface area (Å²) in [5, 5.41) is 0. The van der Waals surface area contributed by atoms with Gasteiger partial charge in [-0.05, 0) is 38.9 Å². The molecular weight excluding hydrogens is 196 g/mol. The topological polar surface area (TPSA) is 29.9 Å². The van der Waals surface area contributed by atoms with Crippen molar-refractivity contribution in [1.29, 1.82) is 0 Å². The molecule has 0 aromatic carbocycles. The molecule has 1 N–H and O–H groups in total. The Morgan fingerprint density at radius 2 is 2.50 bits per heavy atom. The molecule has 0 radical (unpaired) electrons. The van der Waals surface area contributed by atoms with E-state index in [2.05, 4.69) is 23.4 Å². The van der Waals surface area contributed by atoms with Crippen LogP contribution in [-0.2, 0) is 4.74 Å². The molecule has 0 saturated carbocycles. The van der Waals surface area contributed by atoms with Gasteiger partial charge in [-0.15, -0.1) is 0 Å². The lowest BCUT2D eigenvalue weighted by Crippen LogP contribution is -2.21. The molecule has 3 nitrogen and oxygen atoms in total. The van der Waals surface area contributed by atoms with Crippen molar-refractivity contribution in [3.63, 3.8) is 0 Å². The van der Waals surface area contributed by atoms with Crippen molar-refractivity contribution >= 4 is 12.2 Å². The second-order valence-corrected chi connectivity index (χ2v) is 4.28. The average Bonchev–Trinajstić information content (AvgIpc) is 2.75. The lowest BCUT2D eigenvalue weighted by atomic mass is 10.1. The molecule has 1 aliphatic heterocycles. The summed E-state index contributed by atoms with van der Waals surface area (Å²) in [5.74, 6) is 0. The summed E-state index contributed by atoms with van der Waals surface area (Å²) < 4.78 is 8.61. The van der Waals surface area contributed by atoms with Gasteiger partial charge in [-0.1, -0.05) is 0 Å². The second kappa shape index (κ2) is 3.87. The van der Waals surface area contributed by atoms with E-state index in [0.717, 1.165) is 17.8 Å². The maximum absolute atomic E-state index is 5.67. The van der Waals surface area contributed by atoms with Crippen LogP contribution in [0.2, 0.25) is 0 Å². The largest absolute Gasteiger partial charge is 0.376 e. The van der Waals surface area contributed by atoms with Crippen molar-refractivity contribution in [1.82, 2.24) is 9.55 Å². The van der Waals surface area contributed by atoms with Gasteiger partial charge in [0.05, 0.1) is 12.1 Å². The molecule has 0 aliphatic carbocycles. The fourth-order valence-electron chi connectivity index (χ4n) is 2.12. The number of hydrogen-bond donors (Lipinski definition) is 1. The average molecular weight is 212 g/mol. The van der Waals surface area contributed by atoms with Gasteiger partial charge in [0.1, 0.15) is 0 Å². The van der Waals surface area contributed by atoms with Crippen LogP contribution in [0, 0.1) is 11.7 Å². The van der Waals surface area contributed by atoms with Gasteiger partial charge in [0.15, 0.2) is 4.77 Å². The highest BCUT2D eigenvalue weighted by atomic mass is 32.1. The van der Waals surface area contributed by atoms with Gasteiger partial charge in [-0.25, -0.2) is 0 Å². The summed E-state index contributed by atoms with van der Waals surface area (Å²) in [7, 11) is 0. The lowest BCUT2D eigenvalue weighted by Gasteiger charge is -2.21. The van der Waals surface area contributed by atoms with E-state index < -0.39 is 0 Å². The molecule has 2 heterocycles. The van der Waals surface area contributed by atoms with Crippen LogP contribution in [0.15, 0.2) is 6.20 Å². The van der Waals surface area contributed by atoms with Crippen molar-refractivity contribution in [2.75, 3.05) is 6.61 Å². The number of aromatic nitrogens is 2. The molecule has 1 aromatic rings. The van der Waals surface area contributed by atoms with Gasteiger partial charge in [0, 0.05) is 18.5 Å². The van der Waals surface area contributed by atoms with Crippen LogP contribution < -0.4 is 0 Å². The second-order valence-electron chi connectivity index (χ2n) is 3.90. The molecule has 0 spiro atoms. The molecule has 1 aromatic heterocycles. The number of imidazole rings is 1. The highest BCUT2D eigenvalue weighted by molar-refractivity contribution is 7.71. The minimum absolute atomic E-state index is 0.330. The maximum Gasteiger partial charge on any atom is 0.177 e. The van der Waals surface area contributed by atoms with Crippen molar-refractivity contribution in [2.24, 2.45) is 0 Å². The minimum atomic E-state index is 0.330. The van der Waals surface area contributed by atoms with Crippen molar-refractivity contribution in [3.05, 3.63) is 16.7 Å². The van der Waals surface area contributed by atoms with E-state index in [1.807, 2.05) is 6.20 Å². The Morgan fingerprint density at radius 1 is 1.71 bits per heavy atom. The van der Waals surface area contributed by atoms with Crippen LogP contribution in [0.1, 0.15) is 31.5 Å². The van der Waals surface area contributed by atoms with Crippen molar-refractivity contribution < 1.29 is 4.74 Å². The smallest absolute Gasteiger partial charge is 0.177 e. The number of rotatable bonds is 2. The summed E-state index contributed by atoms with van der Waals surface area (Å²) in [6, 6.07) is 0.344. The number of aryl methyl sites for hydroxylation is 1. The van der Waals surface area contributed by atoms with E-state index >= 15 is 0 Å². The molecule has 2 atom stereocenters. The first-order valence-electron chi connectivity index (χ1n) is 5.08. The first-order valence-corrected chi connectivity index (χ1v) is 5.49. The zero-order chi connectivity index (χ0) is 10.1. The van der Waals surface area contributed by atoms with Gasteiger partial charge in [0.25, 0.3) is 0 Å². The highest BCUT2D eigenvalue weighted by Gasteiger charge is 2.24. The van der Waals surface area contributed by atoms with E-state index in [0.29, 0.717) is 12.1 Å². The molecule has 2 rings (SSSR count). The van der Waals surface area contributed by atoms with Crippen LogP contribution in [0.3, 0.4) is 0 Å². The molecular formula is C10H16N2OS. The van der Waals surface area contributed by atoms with Crippen LogP contribution in [0.4, 0.5) is 0 Å². The quantitative estimate of drug-likeness (QED) is 0.764. The Labute approximate surface area is 89.1 Å². The van der Waals surface area contributed by atoms with E-state index in [1.54, 1.807) is 0 Å². The number of ether oxygens (including phenoxy) is 1. The number of nitrogens with one attached hydrogen (secondary N) is 1. The van der Waals surface area contributed by atoms with Crippen LogP contribution >= 0.6 is 12.2 Å². The Kier molecular flexibility index (Phi) is 2.74. The Morgan fingerprint density at radius 3 is 3.00 bits per heavy atom. The van der Waals surface area contributed by atoms with Crippen LogP contribution in [-0.4, -0.2) is 22.3 Å². The van der Waals surface area contributed by atoms with Gasteiger partial charge >= 0.3 is 0 Å². The van der Waals surface area contributed by atoms with Crippen molar-refractivity contribution in [3.8, 4) is 0 Å². The van der Waals surface area contributed by atoms with E-state index in [4.69, 9.17) is 17.0 Å². The van der Waals surface area contributed by atoms with Crippen LogP contribution in [0.25, 0.3) is 0 Å².